The van der Waals surface area contributed by atoms with E-state index in [0.717, 1.165) is 47.2 Å². The molecule has 0 bridgehead atoms. The zero-order valence-electron chi connectivity index (χ0n) is 16.5. The molecule has 4 rings (SSSR count). The van der Waals surface area contributed by atoms with Crippen LogP contribution in [0.5, 0.6) is 5.75 Å². The number of hydrogen-bond donors (Lipinski definition) is 1. The Morgan fingerprint density at radius 2 is 2.07 bits per heavy atom. The van der Waals surface area contributed by atoms with Gasteiger partial charge in [0.15, 0.2) is 0 Å². The molecule has 1 aliphatic carbocycles. The average Bonchev–Trinajstić information content (AvgIpc) is 3.17. The van der Waals surface area contributed by atoms with Gasteiger partial charge in [-0.25, -0.2) is 0 Å². The molecule has 3 atom stereocenters. The highest BCUT2D eigenvalue weighted by Crippen LogP contribution is 2.43. The standard InChI is InChI=1S/C21H28N2O4/c1-13-19(16-12-15(26-3)5-6-17(16)22(13)2)20(25)23-10-9-21(27-4)8-7-14(24)11-18(21)23/h5-6,12,14,18,24H,7-11H2,1-4H3. The molecule has 1 saturated carbocycles. The van der Waals surface area contributed by atoms with Gasteiger partial charge in [0.25, 0.3) is 5.91 Å². The first-order chi connectivity index (χ1) is 12.9. The first kappa shape index (κ1) is 18.3. The Kier molecular flexibility index (Phi) is 4.43. The molecule has 2 fully saturated rings. The fraction of sp³-hybridized carbons (Fsp3) is 0.571. The highest BCUT2D eigenvalue weighted by molar-refractivity contribution is 6.09. The molecule has 146 valence electrons. The third kappa shape index (κ3) is 2.65. The summed E-state index contributed by atoms with van der Waals surface area (Å²) in [5.41, 5.74) is 2.34. The second-order valence-corrected chi connectivity index (χ2v) is 7.86. The van der Waals surface area contributed by atoms with Crippen molar-refractivity contribution in [1.82, 2.24) is 9.47 Å². The number of rotatable bonds is 3. The van der Waals surface area contributed by atoms with Crippen LogP contribution in [0.15, 0.2) is 18.2 Å². The normalized spacial score (nSPS) is 27.8. The Bertz CT molecular complexity index is 890. The Balaban J connectivity index is 1.78. The van der Waals surface area contributed by atoms with Crippen molar-refractivity contribution in [2.75, 3.05) is 20.8 Å². The molecule has 6 heteroatoms. The molecule has 2 aromatic rings. The first-order valence-corrected chi connectivity index (χ1v) is 9.59. The molecule has 1 saturated heterocycles. The summed E-state index contributed by atoms with van der Waals surface area (Å²) in [6.07, 6.45) is 2.55. The monoisotopic (exact) mass is 372 g/mol. The van der Waals surface area contributed by atoms with Crippen molar-refractivity contribution in [2.24, 2.45) is 7.05 Å². The number of fused-ring (bicyclic) bond motifs is 2. The number of aliphatic hydroxyl groups excluding tert-OH is 1. The predicted molar refractivity (Wildman–Crippen MR) is 103 cm³/mol. The third-order valence-corrected chi connectivity index (χ3v) is 6.74. The second kappa shape index (κ2) is 6.53. The Hall–Kier alpha value is -2.05. The number of hydrogen-bond acceptors (Lipinski definition) is 4. The minimum atomic E-state index is -0.375. The molecule has 1 aromatic heterocycles. The lowest BCUT2D eigenvalue weighted by molar-refractivity contribution is -0.0824. The molecule has 3 unspecified atom stereocenters. The van der Waals surface area contributed by atoms with Crippen LogP contribution in [-0.4, -0.2) is 59.0 Å². The van der Waals surface area contributed by atoms with Crippen molar-refractivity contribution >= 4 is 16.8 Å². The summed E-state index contributed by atoms with van der Waals surface area (Å²) in [6.45, 7) is 2.64. The van der Waals surface area contributed by atoms with Gasteiger partial charge in [0, 0.05) is 37.3 Å². The van der Waals surface area contributed by atoms with Gasteiger partial charge in [0.2, 0.25) is 0 Å². The number of amides is 1. The van der Waals surface area contributed by atoms with Crippen molar-refractivity contribution in [3.05, 3.63) is 29.5 Å². The van der Waals surface area contributed by atoms with Gasteiger partial charge < -0.3 is 24.0 Å². The zero-order chi connectivity index (χ0) is 19.3. The van der Waals surface area contributed by atoms with Gasteiger partial charge in [-0.3, -0.25) is 4.79 Å². The Labute approximate surface area is 159 Å². The van der Waals surface area contributed by atoms with Gasteiger partial charge in [0.05, 0.1) is 30.4 Å². The minimum Gasteiger partial charge on any atom is -0.497 e. The molecule has 6 nitrogen and oxygen atoms in total. The van der Waals surface area contributed by atoms with E-state index >= 15 is 0 Å². The molecule has 1 aliphatic heterocycles. The molecular formula is C21H28N2O4. The molecule has 1 N–H and O–H groups in total. The predicted octanol–water partition coefficient (Wildman–Crippen LogP) is 2.64. The summed E-state index contributed by atoms with van der Waals surface area (Å²) in [7, 11) is 5.34. The number of likely N-dealkylation sites (tertiary alicyclic amines) is 1. The largest absolute Gasteiger partial charge is 0.497 e. The quantitative estimate of drug-likeness (QED) is 0.900. The van der Waals surface area contributed by atoms with Gasteiger partial charge in [-0.05, 0) is 50.8 Å². The van der Waals surface area contributed by atoms with E-state index in [2.05, 4.69) is 4.57 Å². The summed E-state index contributed by atoms with van der Waals surface area (Å²) in [5, 5.41) is 11.1. The maximum atomic E-state index is 13.6. The highest BCUT2D eigenvalue weighted by atomic mass is 16.5. The number of carbonyl (C=O) groups excluding carboxylic acids is 1. The molecule has 1 aromatic carbocycles. The van der Waals surface area contributed by atoms with E-state index in [1.165, 1.54) is 0 Å². The first-order valence-electron chi connectivity index (χ1n) is 9.59. The lowest BCUT2D eigenvalue weighted by Crippen LogP contribution is -2.52. The van der Waals surface area contributed by atoms with Gasteiger partial charge in [0.1, 0.15) is 5.75 Å². The van der Waals surface area contributed by atoms with Crippen LogP contribution in [0.25, 0.3) is 10.9 Å². The molecule has 2 heterocycles. The van der Waals surface area contributed by atoms with Crippen molar-refractivity contribution in [2.45, 2.75) is 50.4 Å². The fourth-order valence-corrected chi connectivity index (χ4v) is 5.01. The van der Waals surface area contributed by atoms with Gasteiger partial charge in [-0.2, -0.15) is 0 Å². The van der Waals surface area contributed by atoms with E-state index in [1.54, 1.807) is 14.2 Å². The lowest BCUT2D eigenvalue weighted by atomic mass is 9.79. The number of aliphatic hydroxyl groups is 1. The molecule has 1 amide bonds. The van der Waals surface area contributed by atoms with Crippen LogP contribution in [0.1, 0.15) is 41.7 Å². The van der Waals surface area contributed by atoms with E-state index in [4.69, 9.17) is 9.47 Å². The second-order valence-electron chi connectivity index (χ2n) is 7.86. The van der Waals surface area contributed by atoms with Crippen LogP contribution in [-0.2, 0) is 11.8 Å². The van der Waals surface area contributed by atoms with Gasteiger partial charge in [-0.1, -0.05) is 0 Å². The van der Waals surface area contributed by atoms with Crippen molar-refractivity contribution < 1.29 is 19.4 Å². The van der Waals surface area contributed by atoms with Crippen molar-refractivity contribution in [3.63, 3.8) is 0 Å². The summed E-state index contributed by atoms with van der Waals surface area (Å²) in [5.74, 6) is 0.757. The topological polar surface area (TPSA) is 63.9 Å². The molecular weight excluding hydrogens is 344 g/mol. The number of benzene rings is 1. The Morgan fingerprint density at radius 3 is 2.78 bits per heavy atom. The Morgan fingerprint density at radius 1 is 1.30 bits per heavy atom. The summed E-state index contributed by atoms with van der Waals surface area (Å²) < 4.78 is 13.3. The summed E-state index contributed by atoms with van der Waals surface area (Å²) in [6, 6.07) is 5.76. The van der Waals surface area contributed by atoms with E-state index in [-0.39, 0.29) is 23.7 Å². The smallest absolute Gasteiger partial charge is 0.256 e. The van der Waals surface area contributed by atoms with Crippen LogP contribution in [0.2, 0.25) is 0 Å². The van der Waals surface area contributed by atoms with Crippen molar-refractivity contribution in [1.29, 1.82) is 0 Å². The van der Waals surface area contributed by atoms with E-state index in [0.29, 0.717) is 13.0 Å². The highest BCUT2D eigenvalue weighted by Gasteiger charge is 2.52. The number of ether oxygens (including phenoxy) is 2. The van der Waals surface area contributed by atoms with Crippen LogP contribution in [0, 0.1) is 6.92 Å². The maximum absolute atomic E-state index is 13.6. The van der Waals surface area contributed by atoms with Crippen LogP contribution in [0.4, 0.5) is 0 Å². The number of aromatic nitrogens is 1. The third-order valence-electron chi connectivity index (χ3n) is 6.74. The number of aryl methyl sites for hydroxylation is 1. The molecule has 27 heavy (non-hydrogen) atoms. The molecule has 0 spiro atoms. The number of carbonyl (C=O) groups is 1. The molecule has 0 radical (unpaired) electrons. The summed E-state index contributed by atoms with van der Waals surface area (Å²) in [4.78, 5) is 15.6. The zero-order valence-corrected chi connectivity index (χ0v) is 16.5. The fourth-order valence-electron chi connectivity index (χ4n) is 5.01. The average molecular weight is 372 g/mol. The number of nitrogens with zero attached hydrogens (tertiary/aromatic N) is 2. The maximum Gasteiger partial charge on any atom is 0.256 e. The molecule has 2 aliphatic rings. The van der Waals surface area contributed by atoms with Crippen LogP contribution in [0.3, 0.4) is 0 Å². The van der Waals surface area contributed by atoms with Crippen molar-refractivity contribution in [3.8, 4) is 5.75 Å². The lowest BCUT2D eigenvalue weighted by Gasteiger charge is -2.42. The van der Waals surface area contributed by atoms with Crippen LogP contribution >= 0.6 is 0 Å². The van der Waals surface area contributed by atoms with E-state index < -0.39 is 0 Å². The number of methoxy groups -OCH3 is 2. The van der Waals surface area contributed by atoms with E-state index in [1.807, 2.05) is 37.1 Å². The minimum absolute atomic E-state index is 0.0179. The SMILES string of the molecule is COc1ccc2c(c1)c(C(=O)N1CCC3(OC)CCC(O)CC13)c(C)n2C. The van der Waals surface area contributed by atoms with E-state index in [9.17, 15) is 9.90 Å². The van der Waals surface area contributed by atoms with Gasteiger partial charge in [-0.15, -0.1) is 0 Å². The summed E-state index contributed by atoms with van der Waals surface area (Å²) >= 11 is 0. The van der Waals surface area contributed by atoms with Gasteiger partial charge >= 0.3 is 0 Å². The van der Waals surface area contributed by atoms with Crippen LogP contribution < -0.4 is 4.74 Å².